The Labute approximate surface area is 184 Å². The number of rotatable bonds is 3. The van der Waals surface area contributed by atoms with Crippen LogP contribution in [0.2, 0.25) is 0 Å². The molecule has 30 heavy (non-hydrogen) atoms. The van der Waals surface area contributed by atoms with Crippen LogP contribution in [-0.4, -0.2) is 45.3 Å². The van der Waals surface area contributed by atoms with Gasteiger partial charge in [0.25, 0.3) is 5.91 Å². The van der Waals surface area contributed by atoms with Gasteiger partial charge in [-0.2, -0.15) is 0 Å². The summed E-state index contributed by atoms with van der Waals surface area (Å²) < 4.78 is 12.8. The van der Waals surface area contributed by atoms with Crippen LogP contribution in [0.3, 0.4) is 0 Å². The molecule has 1 aromatic heterocycles. The van der Waals surface area contributed by atoms with E-state index >= 15 is 0 Å². The van der Waals surface area contributed by atoms with Gasteiger partial charge in [-0.25, -0.2) is 19.1 Å². The van der Waals surface area contributed by atoms with E-state index in [1.807, 2.05) is 0 Å². The van der Waals surface area contributed by atoms with E-state index in [2.05, 4.69) is 22.5 Å². The number of carbonyl (C=O) groups is 3. The number of hydrogen-bond acceptors (Lipinski definition) is 5. The van der Waals surface area contributed by atoms with Gasteiger partial charge in [0.1, 0.15) is 16.9 Å². The van der Waals surface area contributed by atoms with Gasteiger partial charge >= 0.3 is 12.2 Å². The average molecular weight is 479 g/mol. The predicted molar refractivity (Wildman–Crippen MR) is 119 cm³/mol. The number of halogens is 1. The van der Waals surface area contributed by atoms with E-state index in [1.165, 1.54) is 10.6 Å². The van der Waals surface area contributed by atoms with E-state index in [0.29, 0.717) is 10.9 Å². The number of amides is 2. The molecule has 0 spiro atoms. The second-order valence-electron chi connectivity index (χ2n) is 8.73. The average Bonchev–Trinajstić information content (AvgIpc) is 2.94. The molecule has 0 aliphatic rings. The Hall–Kier alpha value is -2.61. The van der Waals surface area contributed by atoms with Crippen molar-refractivity contribution in [2.75, 3.05) is 6.54 Å². The minimum Gasteiger partial charge on any atom is -0.443 e. The summed E-state index contributed by atoms with van der Waals surface area (Å²) in [6.45, 7) is 13.9. The van der Waals surface area contributed by atoms with Crippen LogP contribution in [0.15, 0.2) is 41.4 Å². The van der Waals surface area contributed by atoms with E-state index in [1.54, 1.807) is 65.8 Å². The lowest BCUT2D eigenvalue weighted by molar-refractivity contribution is 0.0250. The summed E-state index contributed by atoms with van der Waals surface area (Å²) in [5.41, 5.74) is -1.09. The first-order valence-electron chi connectivity index (χ1n) is 9.43. The van der Waals surface area contributed by atoms with Crippen molar-refractivity contribution in [2.45, 2.75) is 52.7 Å². The molecule has 0 atom stereocenters. The number of fused-ring (bicyclic) bond motifs is 1. The van der Waals surface area contributed by atoms with Crippen molar-refractivity contribution in [1.29, 1.82) is 0 Å². The first-order chi connectivity index (χ1) is 13.7. The third-order valence-corrected chi connectivity index (χ3v) is 4.22. The molecule has 2 rings (SSSR count). The van der Waals surface area contributed by atoms with E-state index in [4.69, 9.17) is 9.47 Å². The van der Waals surface area contributed by atoms with Crippen LogP contribution in [0.25, 0.3) is 10.9 Å². The summed E-state index contributed by atoms with van der Waals surface area (Å²) >= 11 is 3.39. The normalized spacial score (nSPS) is 11.8. The summed E-state index contributed by atoms with van der Waals surface area (Å²) in [6, 6.07) is 6.78. The highest BCUT2D eigenvalue weighted by Crippen LogP contribution is 2.26. The van der Waals surface area contributed by atoms with Crippen LogP contribution in [0.4, 0.5) is 9.59 Å². The Bertz CT molecular complexity index is 995. The van der Waals surface area contributed by atoms with Crippen molar-refractivity contribution in [3.05, 3.63) is 47.1 Å². The SMILES string of the molecule is C=CCN(C(=O)OC(C)(C)C)C(=O)c1cc2cc(Br)ccc2n1C(=O)OC(C)(C)C. The Morgan fingerprint density at radius 2 is 1.67 bits per heavy atom. The number of carbonyl (C=O) groups excluding carboxylic acids is 3. The molecular weight excluding hydrogens is 452 g/mol. The van der Waals surface area contributed by atoms with Gasteiger partial charge in [0.05, 0.1) is 12.1 Å². The van der Waals surface area contributed by atoms with Gasteiger partial charge in [-0.1, -0.05) is 22.0 Å². The Morgan fingerprint density at radius 3 is 2.20 bits per heavy atom. The number of nitrogens with zero attached hydrogens (tertiary/aromatic N) is 2. The smallest absolute Gasteiger partial charge is 0.419 e. The molecule has 7 nitrogen and oxygen atoms in total. The molecule has 8 heteroatoms. The van der Waals surface area contributed by atoms with Crippen LogP contribution >= 0.6 is 15.9 Å². The van der Waals surface area contributed by atoms with Crippen LogP contribution in [0, 0.1) is 0 Å². The van der Waals surface area contributed by atoms with E-state index in [-0.39, 0.29) is 12.2 Å². The van der Waals surface area contributed by atoms with Gasteiger partial charge in [-0.05, 0) is 65.8 Å². The molecule has 162 valence electrons. The molecule has 0 bridgehead atoms. The van der Waals surface area contributed by atoms with Crippen LogP contribution in [0.5, 0.6) is 0 Å². The van der Waals surface area contributed by atoms with Gasteiger partial charge in [0, 0.05) is 9.86 Å². The minimum absolute atomic E-state index is 0.00920. The third-order valence-electron chi connectivity index (χ3n) is 3.73. The Kier molecular flexibility index (Phi) is 6.81. The van der Waals surface area contributed by atoms with Gasteiger partial charge < -0.3 is 9.47 Å². The number of imide groups is 1. The van der Waals surface area contributed by atoms with Crippen molar-refractivity contribution in [2.24, 2.45) is 0 Å². The van der Waals surface area contributed by atoms with Gasteiger partial charge in [0.2, 0.25) is 0 Å². The number of aromatic nitrogens is 1. The summed E-state index contributed by atoms with van der Waals surface area (Å²) in [5.74, 6) is -0.692. The summed E-state index contributed by atoms with van der Waals surface area (Å²) in [4.78, 5) is 39.8. The highest BCUT2D eigenvalue weighted by atomic mass is 79.9. The second-order valence-corrected chi connectivity index (χ2v) is 9.65. The maximum atomic E-state index is 13.3. The molecule has 0 aliphatic heterocycles. The zero-order valence-corrected chi connectivity index (χ0v) is 19.7. The second kappa shape index (κ2) is 8.63. The quantitative estimate of drug-likeness (QED) is 0.524. The molecular formula is C22H27BrN2O5. The molecule has 1 aromatic carbocycles. The van der Waals surface area contributed by atoms with E-state index in [0.717, 1.165) is 9.37 Å². The molecule has 1 heterocycles. The molecule has 0 saturated heterocycles. The maximum absolute atomic E-state index is 13.3. The standard InChI is InChI=1S/C22H27BrN2O5/c1-8-11-24(19(27)29-21(2,3)4)18(26)17-13-14-12-15(23)9-10-16(14)25(17)20(28)30-22(5,6)7/h8-10,12-13H,1,11H2,2-7H3. The third kappa shape index (κ3) is 5.72. The predicted octanol–water partition coefficient (Wildman–Crippen LogP) is 5.75. The lowest BCUT2D eigenvalue weighted by Gasteiger charge is -2.26. The molecule has 0 aliphatic carbocycles. The monoisotopic (exact) mass is 478 g/mol. The van der Waals surface area contributed by atoms with Crippen LogP contribution in [0.1, 0.15) is 52.0 Å². The molecule has 0 saturated carbocycles. The van der Waals surface area contributed by atoms with Crippen molar-refractivity contribution in [1.82, 2.24) is 9.47 Å². The van der Waals surface area contributed by atoms with E-state index < -0.39 is 29.3 Å². The minimum atomic E-state index is -0.824. The van der Waals surface area contributed by atoms with Crippen molar-refractivity contribution < 1.29 is 23.9 Å². The molecule has 0 radical (unpaired) electrons. The van der Waals surface area contributed by atoms with Gasteiger partial charge in [0.15, 0.2) is 0 Å². The van der Waals surface area contributed by atoms with Gasteiger partial charge in [-0.3, -0.25) is 4.79 Å². The highest BCUT2D eigenvalue weighted by molar-refractivity contribution is 9.10. The number of benzene rings is 1. The molecule has 0 fully saturated rings. The zero-order chi connectivity index (χ0) is 22.9. The van der Waals surface area contributed by atoms with E-state index in [9.17, 15) is 14.4 Å². The summed E-state index contributed by atoms with van der Waals surface area (Å²) in [6.07, 6.45) is -0.126. The number of ether oxygens (including phenoxy) is 2. The highest BCUT2D eigenvalue weighted by Gasteiger charge is 2.32. The molecule has 0 N–H and O–H groups in total. The Balaban J connectivity index is 2.61. The zero-order valence-electron chi connectivity index (χ0n) is 18.1. The fourth-order valence-electron chi connectivity index (χ4n) is 2.67. The summed E-state index contributed by atoms with van der Waals surface area (Å²) in [5, 5.41) is 0.640. The molecule has 0 unspecified atom stereocenters. The lowest BCUT2D eigenvalue weighted by atomic mass is 10.2. The molecule has 2 amide bonds. The topological polar surface area (TPSA) is 77.8 Å². The van der Waals surface area contributed by atoms with Gasteiger partial charge in [-0.15, -0.1) is 6.58 Å². The van der Waals surface area contributed by atoms with Crippen molar-refractivity contribution >= 4 is 44.9 Å². The van der Waals surface area contributed by atoms with Crippen molar-refractivity contribution in [3.63, 3.8) is 0 Å². The molecule has 2 aromatic rings. The first-order valence-corrected chi connectivity index (χ1v) is 10.2. The number of hydrogen-bond donors (Lipinski definition) is 0. The fourth-order valence-corrected chi connectivity index (χ4v) is 3.05. The maximum Gasteiger partial charge on any atom is 0.419 e. The fraction of sp³-hybridized carbons (Fsp3) is 0.409. The largest absolute Gasteiger partial charge is 0.443 e. The van der Waals surface area contributed by atoms with Crippen molar-refractivity contribution in [3.8, 4) is 0 Å². The van der Waals surface area contributed by atoms with Crippen LogP contribution < -0.4 is 0 Å². The summed E-state index contributed by atoms with van der Waals surface area (Å²) in [7, 11) is 0. The first kappa shape index (κ1) is 23.7. The lowest BCUT2D eigenvalue weighted by Crippen LogP contribution is -2.42. The Morgan fingerprint density at radius 1 is 1.07 bits per heavy atom. The van der Waals surface area contributed by atoms with Crippen LogP contribution in [-0.2, 0) is 9.47 Å².